The van der Waals surface area contributed by atoms with E-state index in [2.05, 4.69) is 75.5 Å². The third-order valence-electron chi connectivity index (χ3n) is 3.14. The maximum absolute atomic E-state index is 2.47. The van der Waals surface area contributed by atoms with Gasteiger partial charge in [0.2, 0.25) is 0 Å². The van der Waals surface area contributed by atoms with E-state index in [1.54, 1.807) is 0 Å². The summed E-state index contributed by atoms with van der Waals surface area (Å²) in [6.07, 6.45) is 15.5. The Morgan fingerprint density at radius 3 is 1.35 bits per heavy atom. The smallest absolute Gasteiger partial charge is 0.0904 e. The van der Waals surface area contributed by atoms with Crippen molar-refractivity contribution in [1.82, 2.24) is 0 Å². The zero-order valence-corrected chi connectivity index (χ0v) is 12.9. The minimum atomic E-state index is -1.31. The first-order chi connectivity index (χ1) is 8.24. The molecule has 0 aromatic rings. The van der Waals surface area contributed by atoms with Crippen LogP contribution >= 0.6 is 0 Å². The monoisotopic (exact) mass is 248 g/mol. The Bertz CT molecular complexity index is 252. The Balaban J connectivity index is 4.65. The lowest BCUT2D eigenvalue weighted by Gasteiger charge is -2.20. The summed E-state index contributed by atoms with van der Waals surface area (Å²) < 4.78 is 0. The van der Waals surface area contributed by atoms with Crippen molar-refractivity contribution in [3.8, 4) is 0 Å². The van der Waals surface area contributed by atoms with E-state index in [9.17, 15) is 0 Å². The summed E-state index contributed by atoms with van der Waals surface area (Å²) >= 11 is 0. The highest BCUT2D eigenvalue weighted by Crippen LogP contribution is 2.18. The molecule has 0 fully saturated rings. The lowest BCUT2D eigenvalue weighted by Crippen LogP contribution is -2.27. The summed E-state index contributed by atoms with van der Waals surface area (Å²) in [5, 5.41) is 0. The fraction of sp³-hybridized carbons (Fsp3) is 0.500. The number of allylic oxidation sites excluding steroid dienone is 6. The minimum Gasteiger partial charge on any atom is -0.0904 e. The highest BCUT2D eigenvalue weighted by Gasteiger charge is 2.21. The number of hydrogen-bond acceptors (Lipinski definition) is 0. The molecule has 0 atom stereocenters. The molecule has 0 saturated heterocycles. The van der Waals surface area contributed by atoms with Crippen LogP contribution in [0.5, 0.6) is 0 Å². The molecule has 0 amide bonds. The second-order valence-corrected chi connectivity index (χ2v) is 8.88. The highest BCUT2D eigenvalue weighted by atomic mass is 28.3. The van der Waals surface area contributed by atoms with Gasteiger partial charge < -0.3 is 0 Å². The average molecular weight is 248 g/mol. The van der Waals surface area contributed by atoms with Crippen LogP contribution in [0, 0.1) is 0 Å². The zero-order valence-electron chi connectivity index (χ0n) is 11.9. The molecular weight excluding hydrogens is 220 g/mol. The number of hydrogen-bond donors (Lipinski definition) is 0. The molecule has 0 heterocycles. The van der Waals surface area contributed by atoms with Crippen molar-refractivity contribution >= 4 is 8.07 Å². The van der Waals surface area contributed by atoms with Gasteiger partial charge >= 0.3 is 0 Å². The topological polar surface area (TPSA) is 0 Å². The Labute approximate surface area is 109 Å². The van der Waals surface area contributed by atoms with Crippen LogP contribution in [0.4, 0.5) is 0 Å². The van der Waals surface area contributed by atoms with E-state index in [1.807, 2.05) is 0 Å². The number of rotatable bonds is 8. The Morgan fingerprint density at radius 1 is 0.647 bits per heavy atom. The van der Waals surface area contributed by atoms with Crippen LogP contribution in [0.1, 0.15) is 40.5 Å². The molecule has 0 N–H and O–H groups in total. The van der Waals surface area contributed by atoms with E-state index in [1.165, 1.54) is 12.1 Å². The van der Waals surface area contributed by atoms with Crippen LogP contribution in [0.15, 0.2) is 47.9 Å². The molecule has 0 bridgehead atoms. The van der Waals surface area contributed by atoms with Crippen LogP contribution in [0.25, 0.3) is 0 Å². The molecule has 0 unspecified atom stereocenters. The molecule has 0 aromatic heterocycles. The highest BCUT2D eigenvalue weighted by molar-refractivity contribution is 6.88. The molecule has 0 aliphatic heterocycles. The van der Waals surface area contributed by atoms with Crippen molar-refractivity contribution in [2.24, 2.45) is 0 Å². The van der Waals surface area contributed by atoms with E-state index < -0.39 is 8.07 Å². The lowest BCUT2D eigenvalue weighted by molar-refractivity contribution is 1.22. The minimum absolute atomic E-state index is 1.12. The second-order valence-electron chi connectivity index (χ2n) is 4.33. The third-order valence-corrected chi connectivity index (χ3v) is 7.48. The van der Waals surface area contributed by atoms with Gasteiger partial charge in [-0.2, -0.15) is 0 Å². The SMILES string of the molecule is CCC=CC=C[Si](C=CC=CCC)(CC)CC. The normalized spacial score (nSPS) is 13.9. The fourth-order valence-corrected chi connectivity index (χ4v) is 4.24. The van der Waals surface area contributed by atoms with Gasteiger partial charge in [0.25, 0.3) is 0 Å². The van der Waals surface area contributed by atoms with Crippen LogP contribution in [0.3, 0.4) is 0 Å². The molecule has 0 saturated carbocycles. The first-order valence-electron chi connectivity index (χ1n) is 6.93. The van der Waals surface area contributed by atoms with E-state index in [0.29, 0.717) is 0 Å². The standard InChI is InChI=1S/C16H28Si/c1-5-9-11-13-15-17(7-3,8-4)16-14-12-10-6-2/h9-16H,5-8H2,1-4H3. The first-order valence-corrected chi connectivity index (χ1v) is 9.50. The maximum atomic E-state index is 2.47. The summed E-state index contributed by atoms with van der Waals surface area (Å²) in [5.74, 6) is 0. The van der Waals surface area contributed by atoms with Crippen LogP contribution in [-0.4, -0.2) is 8.07 Å². The molecule has 0 aromatic carbocycles. The van der Waals surface area contributed by atoms with Crippen molar-refractivity contribution in [1.29, 1.82) is 0 Å². The van der Waals surface area contributed by atoms with Gasteiger partial charge in [0.1, 0.15) is 8.07 Å². The van der Waals surface area contributed by atoms with Gasteiger partial charge in [0.15, 0.2) is 0 Å². The molecular formula is C16H28Si. The van der Waals surface area contributed by atoms with Gasteiger partial charge in [-0.15, -0.1) is 0 Å². The average Bonchev–Trinajstić information content (AvgIpc) is 2.37. The Kier molecular flexibility index (Phi) is 9.84. The van der Waals surface area contributed by atoms with Gasteiger partial charge in [0, 0.05) is 0 Å². The molecule has 0 rings (SSSR count). The lowest BCUT2D eigenvalue weighted by atomic mass is 10.4. The van der Waals surface area contributed by atoms with E-state index in [0.717, 1.165) is 12.8 Å². The third kappa shape index (κ3) is 7.17. The molecule has 96 valence electrons. The molecule has 0 aliphatic carbocycles. The summed E-state index contributed by atoms with van der Waals surface area (Å²) in [6.45, 7) is 8.98. The summed E-state index contributed by atoms with van der Waals surface area (Å²) in [5.41, 5.74) is 4.94. The molecule has 0 aliphatic rings. The summed E-state index contributed by atoms with van der Waals surface area (Å²) in [6, 6.07) is 2.58. The fourth-order valence-electron chi connectivity index (χ4n) is 1.70. The van der Waals surface area contributed by atoms with Crippen LogP contribution in [0.2, 0.25) is 12.1 Å². The molecule has 0 nitrogen and oxygen atoms in total. The summed E-state index contributed by atoms with van der Waals surface area (Å²) in [7, 11) is -1.31. The molecule has 1 heteroatoms. The van der Waals surface area contributed by atoms with Gasteiger partial charge in [-0.05, 0) is 12.8 Å². The van der Waals surface area contributed by atoms with Crippen molar-refractivity contribution in [3.63, 3.8) is 0 Å². The van der Waals surface area contributed by atoms with E-state index >= 15 is 0 Å². The van der Waals surface area contributed by atoms with Gasteiger partial charge in [0.05, 0.1) is 0 Å². The van der Waals surface area contributed by atoms with Crippen LogP contribution in [-0.2, 0) is 0 Å². The zero-order chi connectivity index (χ0) is 13.0. The van der Waals surface area contributed by atoms with Crippen LogP contribution < -0.4 is 0 Å². The largest absolute Gasteiger partial charge is 0.101 e. The predicted molar refractivity (Wildman–Crippen MR) is 83.9 cm³/mol. The molecule has 0 radical (unpaired) electrons. The van der Waals surface area contributed by atoms with Gasteiger partial charge in [-0.3, -0.25) is 0 Å². The van der Waals surface area contributed by atoms with Crippen molar-refractivity contribution in [2.45, 2.75) is 52.6 Å². The second kappa shape index (κ2) is 10.3. The Hall–Kier alpha value is -0.823. The van der Waals surface area contributed by atoms with Gasteiger partial charge in [-0.25, -0.2) is 0 Å². The maximum Gasteiger partial charge on any atom is 0.101 e. The Morgan fingerprint density at radius 2 is 1.06 bits per heavy atom. The van der Waals surface area contributed by atoms with E-state index in [4.69, 9.17) is 0 Å². The molecule has 0 spiro atoms. The molecule has 17 heavy (non-hydrogen) atoms. The van der Waals surface area contributed by atoms with Gasteiger partial charge in [-0.1, -0.05) is 87.6 Å². The summed E-state index contributed by atoms with van der Waals surface area (Å²) in [4.78, 5) is 0. The predicted octanol–water partition coefficient (Wildman–Crippen LogP) is 5.60. The van der Waals surface area contributed by atoms with Crippen molar-refractivity contribution < 1.29 is 0 Å². The van der Waals surface area contributed by atoms with Crippen molar-refractivity contribution in [2.75, 3.05) is 0 Å². The first kappa shape index (κ1) is 16.2. The van der Waals surface area contributed by atoms with Crippen molar-refractivity contribution in [3.05, 3.63) is 47.9 Å². The quantitative estimate of drug-likeness (QED) is 0.387. The van der Waals surface area contributed by atoms with E-state index in [-0.39, 0.29) is 0 Å².